The zero-order valence-corrected chi connectivity index (χ0v) is 12.4. The summed E-state index contributed by atoms with van der Waals surface area (Å²) in [6, 6.07) is 3.72. The number of nitrogens with zero attached hydrogens (tertiary/aromatic N) is 1. The van der Waals surface area contributed by atoms with E-state index in [4.69, 9.17) is 9.47 Å². The molecule has 1 atom stereocenters. The number of hydrogen-bond acceptors (Lipinski definition) is 3. The van der Waals surface area contributed by atoms with Crippen molar-refractivity contribution in [1.29, 1.82) is 0 Å². The first-order valence-electron chi connectivity index (χ1n) is 6.36. The molecule has 1 aromatic carbocycles. The van der Waals surface area contributed by atoms with Gasteiger partial charge in [-0.3, -0.25) is 4.79 Å². The number of hydrogen-bond donors (Lipinski definition) is 1. The molecular formula is C15H19NO4. The van der Waals surface area contributed by atoms with Crippen LogP contribution >= 0.6 is 0 Å². The summed E-state index contributed by atoms with van der Waals surface area (Å²) in [5.41, 5.74) is 2.68. The molecule has 0 aliphatic heterocycles. The van der Waals surface area contributed by atoms with Gasteiger partial charge in [-0.15, -0.1) is 0 Å². The van der Waals surface area contributed by atoms with Crippen LogP contribution in [0, 0.1) is 6.92 Å². The first kappa shape index (κ1) is 14.2. The van der Waals surface area contributed by atoms with Crippen molar-refractivity contribution in [3.63, 3.8) is 0 Å². The fraction of sp³-hybridized carbons (Fsp3) is 0.400. The normalized spacial score (nSPS) is 12.4. The maximum atomic E-state index is 11.3. The number of carbonyl (C=O) groups is 1. The lowest BCUT2D eigenvalue weighted by molar-refractivity contribution is -0.138. The van der Waals surface area contributed by atoms with Crippen LogP contribution in [-0.2, 0) is 11.8 Å². The molecule has 0 fully saturated rings. The number of carboxylic acids is 1. The summed E-state index contributed by atoms with van der Waals surface area (Å²) < 4.78 is 12.6. The van der Waals surface area contributed by atoms with Crippen LogP contribution in [0.4, 0.5) is 0 Å². The molecule has 0 saturated heterocycles. The highest BCUT2D eigenvalue weighted by Gasteiger charge is 2.24. The Morgan fingerprint density at radius 3 is 2.30 bits per heavy atom. The van der Waals surface area contributed by atoms with E-state index >= 15 is 0 Å². The average molecular weight is 277 g/mol. The predicted molar refractivity (Wildman–Crippen MR) is 76.8 cm³/mol. The first-order chi connectivity index (χ1) is 9.42. The molecule has 2 rings (SSSR count). The molecule has 1 heterocycles. The highest BCUT2D eigenvalue weighted by molar-refractivity contribution is 5.93. The van der Waals surface area contributed by atoms with E-state index in [1.807, 2.05) is 30.7 Å². The maximum Gasteiger partial charge on any atom is 0.310 e. The molecule has 0 bridgehead atoms. The fourth-order valence-electron chi connectivity index (χ4n) is 2.59. The van der Waals surface area contributed by atoms with Crippen molar-refractivity contribution in [3.05, 3.63) is 23.4 Å². The Morgan fingerprint density at radius 2 is 1.80 bits per heavy atom. The number of aliphatic carboxylic acids is 1. The van der Waals surface area contributed by atoms with E-state index < -0.39 is 11.9 Å². The number of rotatable bonds is 4. The van der Waals surface area contributed by atoms with Crippen molar-refractivity contribution in [1.82, 2.24) is 4.57 Å². The number of fused-ring (bicyclic) bond motifs is 1. The Morgan fingerprint density at radius 1 is 1.25 bits per heavy atom. The van der Waals surface area contributed by atoms with Crippen LogP contribution in [0.15, 0.2) is 12.1 Å². The van der Waals surface area contributed by atoms with E-state index in [9.17, 15) is 9.90 Å². The second-order valence-electron chi connectivity index (χ2n) is 4.84. The average Bonchev–Trinajstić information content (AvgIpc) is 2.68. The Bertz CT molecular complexity index is 672. The zero-order valence-electron chi connectivity index (χ0n) is 12.4. The van der Waals surface area contributed by atoms with Crippen LogP contribution in [0.25, 0.3) is 10.9 Å². The molecule has 0 amide bonds. The Kier molecular flexibility index (Phi) is 3.61. The van der Waals surface area contributed by atoms with Crippen molar-refractivity contribution in [3.8, 4) is 11.5 Å². The summed E-state index contributed by atoms with van der Waals surface area (Å²) in [6.45, 7) is 3.62. The second kappa shape index (κ2) is 5.07. The summed E-state index contributed by atoms with van der Waals surface area (Å²) in [5, 5.41) is 10.2. The van der Waals surface area contributed by atoms with E-state index in [0.717, 1.165) is 22.2 Å². The van der Waals surface area contributed by atoms with Crippen LogP contribution in [0.5, 0.6) is 11.5 Å². The minimum Gasteiger partial charge on any atom is -0.493 e. The van der Waals surface area contributed by atoms with Gasteiger partial charge in [-0.05, 0) is 25.5 Å². The van der Waals surface area contributed by atoms with Gasteiger partial charge in [0, 0.05) is 24.2 Å². The van der Waals surface area contributed by atoms with Crippen molar-refractivity contribution in [2.75, 3.05) is 14.2 Å². The van der Waals surface area contributed by atoms with Crippen LogP contribution in [0.1, 0.15) is 24.1 Å². The highest BCUT2D eigenvalue weighted by atomic mass is 16.5. The lowest BCUT2D eigenvalue weighted by Crippen LogP contribution is -2.08. The minimum atomic E-state index is -0.838. The van der Waals surface area contributed by atoms with Gasteiger partial charge >= 0.3 is 5.97 Å². The maximum absolute atomic E-state index is 11.3. The van der Waals surface area contributed by atoms with Gasteiger partial charge in [0.15, 0.2) is 11.5 Å². The lowest BCUT2D eigenvalue weighted by Gasteiger charge is -2.10. The number of benzene rings is 1. The fourth-order valence-corrected chi connectivity index (χ4v) is 2.59. The number of ether oxygens (including phenoxy) is 2. The standard InChI is InChI=1S/C15H19NO4/c1-8(15(17)18)14-9(2)16(3)11-7-13(20-5)12(19-4)6-10(11)14/h6-8H,1-5H3,(H,17,18). The van der Waals surface area contributed by atoms with Gasteiger partial charge in [-0.1, -0.05) is 0 Å². The Hall–Kier alpha value is -2.17. The molecule has 1 aromatic heterocycles. The molecule has 108 valence electrons. The summed E-state index contributed by atoms with van der Waals surface area (Å²) in [6.07, 6.45) is 0. The topological polar surface area (TPSA) is 60.7 Å². The molecule has 1 unspecified atom stereocenters. The minimum absolute atomic E-state index is 0.572. The van der Waals surface area contributed by atoms with Crippen molar-refractivity contribution in [2.45, 2.75) is 19.8 Å². The Labute approximate surface area is 117 Å². The zero-order chi connectivity index (χ0) is 15.0. The van der Waals surface area contributed by atoms with Crippen LogP contribution in [0.2, 0.25) is 0 Å². The largest absolute Gasteiger partial charge is 0.493 e. The molecule has 0 aliphatic carbocycles. The number of methoxy groups -OCH3 is 2. The van der Waals surface area contributed by atoms with Crippen LogP contribution < -0.4 is 9.47 Å². The smallest absolute Gasteiger partial charge is 0.310 e. The molecule has 2 aromatic rings. The Balaban J connectivity index is 2.82. The molecular weight excluding hydrogens is 258 g/mol. The SMILES string of the molecule is COc1cc2c(C(C)C(=O)O)c(C)n(C)c2cc1OC. The molecule has 5 nitrogen and oxygen atoms in total. The third kappa shape index (κ3) is 1.99. The molecule has 20 heavy (non-hydrogen) atoms. The molecule has 0 radical (unpaired) electrons. The number of carboxylic acid groups (broad SMARTS) is 1. The monoisotopic (exact) mass is 277 g/mol. The third-order valence-corrected chi connectivity index (χ3v) is 3.85. The van der Waals surface area contributed by atoms with Gasteiger partial charge in [-0.2, -0.15) is 0 Å². The van der Waals surface area contributed by atoms with Gasteiger partial charge in [-0.25, -0.2) is 0 Å². The summed E-state index contributed by atoms with van der Waals surface area (Å²) in [5.74, 6) is -0.174. The predicted octanol–water partition coefficient (Wildman–Crippen LogP) is 2.69. The number of aromatic nitrogens is 1. The molecule has 5 heteroatoms. The number of aryl methyl sites for hydroxylation is 1. The second-order valence-corrected chi connectivity index (χ2v) is 4.84. The van der Waals surface area contributed by atoms with Crippen molar-refractivity contribution in [2.24, 2.45) is 7.05 Å². The van der Waals surface area contributed by atoms with Crippen molar-refractivity contribution < 1.29 is 19.4 Å². The summed E-state index contributed by atoms with van der Waals surface area (Å²) in [4.78, 5) is 11.3. The van der Waals surface area contributed by atoms with Gasteiger partial charge in [0.1, 0.15) is 0 Å². The summed E-state index contributed by atoms with van der Waals surface area (Å²) >= 11 is 0. The van der Waals surface area contributed by atoms with Gasteiger partial charge in [0.05, 0.1) is 25.7 Å². The van der Waals surface area contributed by atoms with Gasteiger partial charge in [0.2, 0.25) is 0 Å². The third-order valence-electron chi connectivity index (χ3n) is 3.85. The van der Waals surface area contributed by atoms with E-state index in [1.54, 1.807) is 21.1 Å². The highest BCUT2D eigenvalue weighted by Crippen LogP contribution is 2.38. The lowest BCUT2D eigenvalue weighted by atomic mass is 9.98. The van der Waals surface area contributed by atoms with Crippen LogP contribution in [0.3, 0.4) is 0 Å². The van der Waals surface area contributed by atoms with Gasteiger partial charge < -0.3 is 19.1 Å². The van der Waals surface area contributed by atoms with Crippen molar-refractivity contribution >= 4 is 16.9 Å². The van der Waals surface area contributed by atoms with Gasteiger partial charge in [0.25, 0.3) is 0 Å². The van der Waals surface area contributed by atoms with Crippen LogP contribution in [-0.4, -0.2) is 29.9 Å². The van der Waals surface area contributed by atoms with E-state index in [0.29, 0.717) is 11.5 Å². The first-order valence-corrected chi connectivity index (χ1v) is 6.36. The molecule has 0 saturated carbocycles. The van der Waals surface area contributed by atoms with E-state index in [-0.39, 0.29) is 0 Å². The molecule has 0 spiro atoms. The van der Waals surface area contributed by atoms with E-state index in [2.05, 4.69) is 0 Å². The molecule has 0 aliphatic rings. The quantitative estimate of drug-likeness (QED) is 0.933. The molecule has 1 N–H and O–H groups in total. The summed E-state index contributed by atoms with van der Waals surface area (Å²) in [7, 11) is 5.07. The van der Waals surface area contributed by atoms with E-state index in [1.165, 1.54) is 0 Å².